The van der Waals surface area contributed by atoms with Gasteiger partial charge in [0.05, 0.1) is 5.69 Å². The second kappa shape index (κ2) is 5.39. The zero-order valence-electron chi connectivity index (χ0n) is 9.46. The number of aromatic nitrogens is 1. The fourth-order valence-electron chi connectivity index (χ4n) is 1.41. The minimum absolute atomic E-state index is 0.0948. The maximum Gasteiger partial charge on any atom is 0.248 e. The van der Waals surface area contributed by atoms with E-state index in [1.807, 2.05) is 47.0 Å². The molecular formula is C12H13N2OPS. The van der Waals surface area contributed by atoms with Crippen LogP contribution in [-0.4, -0.2) is 10.2 Å². The summed E-state index contributed by atoms with van der Waals surface area (Å²) < 4.78 is 1.87. The van der Waals surface area contributed by atoms with Crippen LogP contribution in [0, 0.1) is 0 Å². The van der Waals surface area contributed by atoms with Gasteiger partial charge in [-0.15, -0.1) is 11.3 Å². The molecule has 0 aliphatic rings. The Morgan fingerprint density at radius 3 is 2.76 bits per heavy atom. The van der Waals surface area contributed by atoms with Crippen molar-refractivity contribution in [2.45, 2.75) is 13.3 Å². The lowest BCUT2D eigenvalue weighted by Gasteiger charge is -2.01. The number of nitrogens with zero attached hydrogens (tertiary/aromatic N) is 2. The molecule has 0 saturated heterocycles. The average molecular weight is 264 g/mol. The molecule has 1 atom stereocenters. The maximum absolute atomic E-state index is 11.3. The molecule has 1 heterocycles. The first kappa shape index (κ1) is 12.2. The van der Waals surface area contributed by atoms with Crippen LogP contribution in [0.3, 0.4) is 0 Å². The Kier molecular flexibility index (Phi) is 3.87. The van der Waals surface area contributed by atoms with Crippen LogP contribution in [0.2, 0.25) is 0 Å². The second-order valence-corrected chi connectivity index (χ2v) is 4.85. The molecular weight excluding hydrogens is 251 g/mol. The van der Waals surface area contributed by atoms with E-state index in [-0.39, 0.29) is 5.91 Å². The molecule has 0 spiro atoms. The van der Waals surface area contributed by atoms with Crippen LogP contribution in [-0.2, 0) is 4.79 Å². The fraction of sp³-hybridized carbons (Fsp3) is 0.167. The summed E-state index contributed by atoms with van der Waals surface area (Å²) in [7, 11) is 2.60. The van der Waals surface area contributed by atoms with E-state index in [1.54, 1.807) is 0 Å². The third kappa shape index (κ3) is 2.71. The lowest BCUT2D eigenvalue weighted by molar-refractivity contribution is -0.117. The number of carbonyl (C=O) groups excluding carboxylic acids is 1. The largest absolute Gasteiger partial charge is 0.301 e. The van der Waals surface area contributed by atoms with E-state index < -0.39 is 0 Å². The SMILES string of the molecule is CCC(=O)/N=c1\scc(-c2ccccc2)n1P. The zero-order valence-corrected chi connectivity index (χ0v) is 11.4. The van der Waals surface area contributed by atoms with Gasteiger partial charge in [0.1, 0.15) is 0 Å². The maximum atomic E-state index is 11.3. The smallest absolute Gasteiger partial charge is 0.248 e. The van der Waals surface area contributed by atoms with Crippen LogP contribution in [0.5, 0.6) is 0 Å². The van der Waals surface area contributed by atoms with Gasteiger partial charge in [-0.2, -0.15) is 4.99 Å². The van der Waals surface area contributed by atoms with Gasteiger partial charge in [0.25, 0.3) is 0 Å². The van der Waals surface area contributed by atoms with E-state index in [2.05, 4.69) is 14.4 Å². The molecule has 0 saturated carbocycles. The Hall–Kier alpha value is -1.25. The van der Waals surface area contributed by atoms with Crippen LogP contribution in [0.1, 0.15) is 13.3 Å². The molecule has 1 aromatic carbocycles. The van der Waals surface area contributed by atoms with E-state index >= 15 is 0 Å². The standard InChI is InChI=1S/C12H13N2OPS/c1-2-11(15)13-12-14(16)10(8-17-12)9-6-4-3-5-7-9/h3-8H,2,16H2,1H3/b13-12-. The quantitative estimate of drug-likeness (QED) is 0.768. The highest BCUT2D eigenvalue weighted by Crippen LogP contribution is 2.20. The first-order valence-corrected chi connectivity index (χ1v) is 6.70. The van der Waals surface area contributed by atoms with Crippen LogP contribution in [0.25, 0.3) is 11.3 Å². The number of carbonyl (C=O) groups is 1. The van der Waals surface area contributed by atoms with Crippen molar-refractivity contribution in [3.63, 3.8) is 0 Å². The Morgan fingerprint density at radius 2 is 2.12 bits per heavy atom. The third-order valence-corrected chi connectivity index (χ3v) is 3.88. The normalized spacial score (nSPS) is 11.8. The lowest BCUT2D eigenvalue weighted by atomic mass is 10.2. The van der Waals surface area contributed by atoms with Crippen molar-refractivity contribution in [3.05, 3.63) is 40.5 Å². The summed E-state index contributed by atoms with van der Waals surface area (Å²) in [5.74, 6) is -0.0948. The van der Waals surface area contributed by atoms with Gasteiger partial charge in [0.2, 0.25) is 5.91 Å². The fourth-order valence-corrected chi connectivity index (χ4v) is 2.81. The highest BCUT2D eigenvalue weighted by Gasteiger charge is 2.04. The number of hydrogen-bond donors (Lipinski definition) is 0. The molecule has 0 aliphatic carbocycles. The number of benzene rings is 1. The zero-order chi connectivity index (χ0) is 12.3. The van der Waals surface area contributed by atoms with Gasteiger partial charge in [0, 0.05) is 11.8 Å². The molecule has 1 unspecified atom stereocenters. The molecule has 1 aromatic heterocycles. The molecule has 0 aliphatic heterocycles. The Bertz CT molecular complexity index is 586. The molecule has 88 valence electrons. The minimum atomic E-state index is -0.0948. The van der Waals surface area contributed by atoms with Crippen molar-refractivity contribution in [2.24, 2.45) is 4.99 Å². The number of rotatable bonds is 2. The first-order chi connectivity index (χ1) is 8.22. The Labute approximate surface area is 106 Å². The van der Waals surface area contributed by atoms with Gasteiger partial charge in [0.15, 0.2) is 4.80 Å². The summed E-state index contributed by atoms with van der Waals surface area (Å²) in [6, 6.07) is 10.0. The summed E-state index contributed by atoms with van der Waals surface area (Å²) in [4.78, 5) is 16.1. The van der Waals surface area contributed by atoms with Crippen molar-refractivity contribution in [3.8, 4) is 11.3 Å². The molecule has 17 heavy (non-hydrogen) atoms. The molecule has 0 radical (unpaired) electrons. The van der Waals surface area contributed by atoms with E-state index in [1.165, 1.54) is 11.3 Å². The number of hydrogen-bond acceptors (Lipinski definition) is 2. The molecule has 2 rings (SSSR count). The summed E-state index contributed by atoms with van der Waals surface area (Å²) in [5.41, 5.74) is 2.16. The minimum Gasteiger partial charge on any atom is -0.301 e. The average Bonchev–Trinajstić information content (AvgIpc) is 2.72. The summed E-state index contributed by atoms with van der Waals surface area (Å²) in [6.07, 6.45) is 0.434. The molecule has 0 bridgehead atoms. The van der Waals surface area contributed by atoms with Crippen molar-refractivity contribution in [1.82, 2.24) is 4.34 Å². The number of thiazole rings is 1. The summed E-state index contributed by atoms with van der Waals surface area (Å²) in [5, 5.41) is 2.00. The third-order valence-electron chi connectivity index (χ3n) is 2.33. The number of amides is 1. The Balaban J connectivity index is 2.47. The summed E-state index contributed by atoms with van der Waals surface area (Å²) in [6.45, 7) is 1.81. The van der Waals surface area contributed by atoms with E-state index in [4.69, 9.17) is 0 Å². The van der Waals surface area contributed by atoms with E-state index in [0.29, 0.717) is 11.2 Å². The van der Waals surface area contributed by atoms with Crippen molar-refractivity contribution in [2.75, 3.05) is 0 Å². The predicted molar refractivity (Wildman–Crippen MR) is 73.7 cm³/mol. The topological polar surface area (TPSA) is 34.4 Å². The molecule has 0 fully saturated rings. The second-order valence-electron chi connectivity index (χ2n) is 3.50. The van der Waals surface area contributed by atoms with Crippen LogP contribution < -0.4 is 4.80 Å². The molecule has 0 N–H and O–H groups in total. The van der Waals surface area contributed by atoms with Crippen LogP contribution >= 0.6 is 20.7 Å². The predicted octanol–water partition coefficient (Wildman–Crippen LogP) is 2.69. The van der Waals surface area contributed by atoms with E-state index in [0.717, 1.165) is 11.3 Å². The van der Waals surface area contributed by atoms with Crippen molar-refractivity contribution < 1.29 is 4.79 Å². The van der Waals surface area contributed by atoms with Gasteiger partial charge in [-0.3, -0.25) is 4.79 Å². The van der Waals surface area contributed by atoms with E-state index in [9.17, 15) is 4.79 Å². The molecule has 5 heteroatoms. The highest BCUT2D eigenvalue weighted by molar-refractivity contribution is 7.16. The van der Waals surface area contributed by atoms with Gasteiger partial charge >= 0.3 is 0 Å². The van der Waals surface area contributed by atoms with Gasteiger partial charge in [-0.1, -0.05) is 37.3 Å². The van der Waals surface area contributed by atoms with Gasteiger partial charge in [-0.05, 0) is 15.0 Å². The lowest BCUT2D eigenvalue weighted by Crippen LogP contribution is -2.09. The van der Waals surface area contributed by atoms with Crippen LogP contribution in [0.15, 0.2) is 40.7 Å². The Morgan fingerprint density at radius 1 is 1.41 bits per heavy atom. The summed E-state index contributed by atoms with van der Waals surface area (Å²) >= 11 is 1.47. The molecule has 1 amide bonds. The van der Waals surface area contributed by atoms with Crippen LogP contribution in [0.4, 0.5) is 0 Å². The monoisotopic (exact) mass is 264 g/mol. The first-order valence-electron chi connectivity index (χ1n) is 5.31. The van der Waals surface area contributed by atoms with Crippen molar-refractivity contribution in [1.29, 1.82) is 0 Å². The highest BCUT2D eigenvalue weighted by atomic mass is 32.1. The van der Waals surface area contributed by atoms with Gasteiger partial charge < -0.3 is 4.34 Å². The van der Waals surface area contributed by atoms with Crippen molar-refractivity contribution >= 4 is 26.6 Å². The molecule has 3 nitrogen and oxygen atoms in total. The van der Waals surface area contributed by atoms with Gasteiger partial charge in [-0.25, -0.2) is 0 Å². The molecule has 2 aromatic rings.